The maximum Gasteiger partial charge on any atom is 0.159 e. The van der Waals surface area contributed by atoms with Crippen LogP contribution in [-0.4, -0.2) is 0 Å². The van der Waals surface area contributed by atoms with Gasteiger partial charge in [-0.3, -0.25) is 0 Å². The standard InChI is InChI=1S/C26H27F3/c1-2-3-4-5-7-17-10-12-20-19-8-6-9-23(27)21(19)13-14-22(20)26(17)18-11-15-24(28)25(29)16-18/h6,8-9,11,13-17,26H,2-5,7,10,12H2,1H3/t17-,26-/m1/s1. The van der Waals surface area contributed by atoms with E-state index in [9.17, 15) is 13.2 Å². The van der Waals surface area contributed by atoms with Crippen LogP contribution in [-0.2, 0) is 6.42 Å². The number of fused-ring (bicyclic) bond motifs is 3. The molecule has 0 N–H and O–H groups in total. The van der Waals surface area contributed by atoms with Gasteiger partial charge in [0.2, 0.25) is 0 Å². The molecule has 1 aliphatic rings. The summed E-state index contributed by atoms with van der Waals surface area (Å²) in [6.07, 6.45) is 7.72. The average molecular weight is 396 g/mol. The van der Waals surface area contributed by atoms with Crippen LogP contribution < -0.4 is 0 Å². The fraction of sp³-hybridized carbons (Fsp3) is 0.385. The number of aryl methyl sites for hydroxylation is 1. The maximum absolute atomic E-state index is 14.3. The Morgan fingerprint density at radius 1 is 0.828 bits per heavy atom. The van der Waals surface area contributed by atoms with Crippen molar-refractivity contribution in [3.8, 4) is 0 Å². The molecule has 0 saturated carbocycles. The molecule has 0 spiro atoms. The van der Waals surface area contributed by atoms with Crippen LogP contribution in [0.4, 0.5) is 13.2 Å². The quantitative estimate of drug-likeness (QED) is 0.371. The van der Waals surface area contributed by atoms with E-state index in [0.717, 1.165) is 47.8 Å². The van der Waals surface area contributed by atoms with Crippen LogP contribution in [0.15, 0.2) is 48.5 Å². The number of unbranched alkanes of at least 4 members (excludes halogenated alkanes) is 3. The van der Waals surface area contributed by atoms with E-state index in [1.54, 1.807) is 12.1 Å². The van der Waals surface area contributed by atoms with Crippen molar-refractivity contribution in [3.05, 3.63) is 82.7 Å². The Morgan fingerprint density at radius 2 is 1.69 bits per heavy atom. The topological polar surface area (TPSA) is 0 Å². The summed E-state index contributed by atoms with van der Waals surface area (Å²) in [5, 5.41) is 1.58. The molecule has 0 saturated heterocycles. The Bertz CT molecular complexity index is 1010. The number of hydrogen-bond acceptors (Lipinski definition) is 0. The van der Waals surface area contributed by atoms with Gasteiger partial charge in [0.1, 0.15) is 5.82 Å². The second-order valence-corrected chi connectivity index (χ2v) is 8.27. The van der Waals surface area contributed by atoms with Gasteiger partial charge in [-0.05, 0) is 65.5 Å². The predicted molar refractivity (Wildman–Crippen MR) is 113 cm³/mol. The molecule has 152 valence electrons. The zero-order chi connectivity index (χ0) is 20.4. The van der Waals surface area contributed by atoms with E-state index in [1.807, 2.05) is 18.2 Å². The summed E-state index contributed by atoms with van der Waals surface area (Å²) < 4.78 is 42.0. The second-order valence-electron chi connectivity index (χ2n) is 8.27. The predicted octanol–water partition coefficient (Wildman–Crippen LogP) is 7.92. The van der Waals surface area contributed by atoms with E-state index in [0.29, 0.717) is 11.3 Å². The van der Waals surface area contributed by atoms with Gasteiger partial charge in [0, 0.05) is 11.3 Å². The van der Waals surface area contributed by atoms with Crippen LogP contribution in [0.5, 0.6) is 0 Å². The molecule has 0 amide bonds. The Morgan fingerprint density at radius 3 is 2.48 bits per heavy atom. The first-order chi connectivity index (χ1) is 14.1. The highest BCUT2D eigenvalue weighted by molar-refractivity contribution is 5.88. The van der Waals surface area contributed by atoms with Crippen molar-refractivity contribution >= 4 is 10.8 Å². The van der Waals surface area contributed by atoms with E-state index >= 15 is 0 Å². The lowest BCUT2D eigenvalue weighted by Gasteiger charge is -2.35. The van der Waals surface area contributed by atoms with Gasteiger partial charge in [-0.15, -0.1) is 0 Å². The number of halogens is 3. The van der Waals surface area contributed by atoms with Gasteiger partial charge < -0.3 is 0 Å². The smallest absolute Gasteiger partial charge is 0.159 e. The normalized spacial score (nSPS) is 18.8. The molecule has 2 atom stereocenters. The largest absolute Gasteiger partial charge is 0.206 e. The van der Waals surface area contributed by atoms with Crippen molar-refractivity contribution in [2.24, 2.45) is 5.92 Å². The first kappa shape index (κ1) is 20.0. The minimum absolute atomic E-state index is 0.0168. The molecule has 0 aromatic heterocycles. The van der Waals surface area contributed by atoms with E-state index in [2.05, 4.69) is 6.92 Å². The molecular formula is C26H27F3. The molecule has 1 aliphatic carbocycles. The molecule has 4 rings (SSSR count). The van der Waals surface area contributed by atoms with Crippen molar-refractivity contribution in [2.75, 3.05) is 0 Å². The van der Waals surface area contributed by atoms with Gasteiger partial charge in [-0.25, -0.2) is 13.2 Å². The van der Waals surface area contributed by atoms with Crippen LogP contribution in [0.25, 0.3) is 10.8 Å². The summed E-state index contributed by atoms with van der Waals surface area (Å²) >= 11 is 0. The van der Waals surface area contributed by atoms with Gasteiger partial charge in [0.05, 0.1) is 0 Å². The molecule has 29 heavy (non-hydrogen) atoms. The van der Waals surface area contributed by atoms with E-state index < -0.39 is 11.6 Å². The molecule has 0 heterocycles. The van der Waals surface area contributed by atoms with Crippen molar-refractivity contribution in [2.45, 2.75) is 57.8 Å². The van der Waals surface area contributed by atoms with E-state index in [-0.39, 0.29) is 11.7 Å². The highest BCUT2D eigenvalue weighted by atomic mass is 19.2. The van der Waals surface area contributed by atoms with Crippen LogP contribution in [0.3, 0.4) is 0 Å². The summed E-state index contributed by atoms with van der Waals surface area (Å²) in [7, 11) is 0. The summed E-state index contributed by atoms with van der Waals surface area (Å²) in [6.45, 7) is 2.20. The van der Waals surface area contributed by atoms with Crippen LogP contribution in [0.1, 0.15) is 68.1 Å². The van der Waals surface area contributed by atoms with Crippen molar-refractivity contribution in [1.82, 2.24) is 0 Å². The van der Waals surface area contributed by atoms with Crippen LogP contribution in [0, 0.1) is 23.4 Å². The molecule has 0 unspecified atom stereocenters. The lowest BCUT2D eigenvalue weighted by atomic mass is 9.69. The van der Waals surface area contributed by atoms with Gasteiger partial charge in [0.25, 0.3) is 0 Å². The molecule has 3 aromatic rings. The zero-order valence-electron chi connectivity index (χ0n) is 16.9. The minimum atomic E-state index is -0.815. The van der Waals surface area contributed by atoms with Crippen molar-refractivity contribution in [3.63, 3.8) is 0 Å². The Kier molecular flexibility index (Phi) is 5.94. The Labute approximate surface area is 170 Å². The lowest BCUT2D eigenvalue weighted by molar-refractivity contribution is 0.366. The summed E-state index contributed by atoms with van der Waals surface area (Å²) in [5.41, 5.74) is 3.11. The molecule has 0 fully saturated rings. The summed E-state index contributed by atoms with van der Waals surface area (Å²) in [5.74, 6) is -1.43. The fourth-order valence-corrected chi connectivity index (χ4v) is 5.02. The van der Waals surface area contributed by atoms with Gasteiger partial charge in [0.15, 0.2) is 11.6 Å². The summed E-state index contributed by atoms with van der Waals surface area (Å²) in [4.78, 5) is 0. The van der Waals surface area contributed by atoms with E-state index in [1.165, 1.54) is 37.5 Å². The van der Waals surface area contributed by atoms with Crippen molar-refractivity contribution in [1.29, 1.82) is 0 Å². The second kappa shape index (κ2) is 8.61. The van der Waals surface area contributed by atoms with Gasteiger partial charge in [-0.2, -0.15) is 0 Å². The highest BCUT2D eigenvalue weighted by Gasteiger charge is 2.32. The van der Waals surface area contributed by atoms with Gasteiger partial charge >= 0.3 is 0 Å². The minimum Gasteiger partial charge on any atom is -0.206 e. The first-order valence-electron chi connectivity index (χ1n) is 10.7. The fourth-order valence-electron chi connectivity index (χ4n) is 5.02. The van der Waals surface area contributed by atoms with E-state index in [4.69, 9.17) is 0 Å². The van der Waals surface area contributed by atoms with Crippen molar-refractivity contribution < 1.29 is 13.2 Å². The molecular weight excluding hydrogens is 369 g/mol. The SMILES string of the molecule is CCCCCC[C@@H]1CCc2c(ccc3c(F)cccc23)[C@H]1c1ccc(F)c(F)c1. The summed E-state index contributed by atoms with van der Waals surface area (Å²) in [6, 6.07) is 13.4. The Hall–Kier alpha value is -2.29. The molecule has 0 bridgehead atoms. The number of benzene rings is 3. The third-order valence-electron chi connectivity index (χ3n) is 6.46. The highest BCUT2D eigenvalue weighted by Crippen LogP contribution is 2.45. The molecule has 0 aliphatic heterocycles. The molecule has 3 heteroatoms. The van der Waals surface area contributed by atoms with Gasteiger partial charge in [-0.1, -0.05) is 62.9 Å². The monoisotopic (exact) mass is 396 g/mol. The lowest BCUT2D eigenvalue weighted by Crippen LogP contribution is -2.22. The molecule has 3 aromatic carbocycles. The Balaban J connectivity index is 1.78. The molecule has 0 radical (unpaired) electrons. The third-order valence-corrected chi connectivity index (χ3v) is 6.46. The maximum atomic E-state index is 14.3. The number of rotatable bonds is 6. The molecule has 0 nitrogen and oxygen atoms in total. The van der Waals surface area contributed by atoms with Crippen LogP contribution >= 0.6 is 0 Å². The number of hydrogen-bond donors (Lipinski definition) is 0. The average Bonchev–Trinajstić information content (AvgIpc) is 2.73. The first-order valence-corrected chi connectivity index (χ1v) is 10.7. The zero-order valence-corrected chi connectivity index (χ0v) is 16.9. The third kappa shape index (κ3) is 3.92. The van der Waals surface area contributed by atoms with Crippen LogP contribution in [0.2, 0.25) is 0 Å².